The summed E-state index contributed by atoms with van der Waals surface area (Å²) < 4.78 is 83.6. The number of rotatable bonds is 2. The molecule has 0 aliphatic heterocycles. The molecule has 0 radical (unpaired) electrons. The summed E-state index contributed by atoms with van der Waals surface area (Å²) in [6.07, 6.45) is -9.81. The Morgan fingerprint density at radius 2 is 0.918 bits per heavy atom. The fourth-order valence-corrected chi connectivity index (χ4v) is 5.93. The maximum absolute atomic E-state index is 13.9. The smallest absolute Gasteiger partial charge is 0.192 e. The van der Waals surface area contributed by atoms with Gasteiger partial charge in [-0.15, -0.1) is 0 Å². The summed E-state index contributed by atoms with van der Waals surface area (Å²) in [6, 6.07) is 20.2. The first kappa shape index (κ1) is 33.0. The van der Waals surface area contributed by atoms with Crippen LogP contribution in [0.15, 0.2) is 59.7 Å². The number of hydrogen-bond acceptors (Lipinski definition) is 7. The largest absolute Gasteiger partial charge is 0.417 e. The number of benzene rings is 3. The lowest BCUT2D eigenvalue weighted by Crippen LogP contribution is -2.08. The summed E-state index contributed by atoms with van der Waals surface area (Å²) in [5.41, 5.74) is -6.69. The number of fused-ring (bicyclic) bond motifs is 2. The average Bonchev–Trinajstić information content (AvgIpc) is 3.55. The third-order valence-corrected chi connectivity index (χ3v) is 7.97. The van der Waals surface area contributed by atoms with E-state index in [1.54, 1.807) is 24.3 Å². The van der Waals surface area contributed by atoms with Crippen molar-refractivity contribution >= 4 is 33.4 Å². The Balaban J connectivity index is 1.93. The normalized spacial score (nSPS) is 13.2. The Labute approximate surface area is 273 Å². The van der Waals surface area contributed by atoms with Gasteiger partial charge in [-0.25, -0.2) is 0 Å². The second-order valence-corrected chi connectivity index (χ2v) is 10.5. The van der Waals surface area contributed by atoms with Crippen LogP contribution in [-0.4, -0.2) is 0 Å². The summed E-state index contributed by atoms with van der Waals surface area (Å²) in [5, 5.41) is 69.5. The molecule has 0 fully saturated rings. The van der Waals surface area contributed by atoms with Crippen molar-refractivity contribution in [1.29, 1.82) is 36.8 Å². The molecular formula is C36H11F6N7. The van der Waals surface area contributed by atoms with Crippen LogP contribution in [0.2, 0.25) is 0 Å². The lowest BCUT2D eigenvalue weighted by atomic mass is 9.88. The highest BCUT2D eigenvalue weighted by molar-refractivity contribution is 6.29. The summed E-state index contributed by atoms with van der Waals surface area (Å²) in [7, 11) is 0. The van der Waals surface area contributed by atoms with E-state index in [1.807, 2.05) is 12.1 Å². The van der Waals surface area contributed by atoms with E-state index in [-0.39, 0.29) is 72.4 Å². The minimum Gasteiger partial charge on any atom is -0.192 e. The minimum atomic E-state index is -5.01. The molecule has 0 heterocycles. The SMILES string of the molecule is Cc1ccc(C2=C(C#N)c3cc4c(cc3C2=C(C#N)C#N)C(=C(C#N)C#N)C(c2ccc(C#N)c(C(F)(F)F)c2)=C4C#N)cc1C(F)(F)F. The van der Waals surface area contributed by atoms with Gasteiger partial charge in [-0.1, -0.05) is 18.2 Å². The van der Waals surface area contributed by atoms with Crippen molar-refractivity contribution in [3.8, 4) is 42.5 Å². The van der Waals surface area contributed by atoms with Gasteiger partial charge < -0.3 is 0 Å². The third-order valence-electron chi connectivity index (χ3n) is 7.97. The summed E-state index contributed by atoms with van der Waals surface area (Å²) in [6.45, 7) is 1.22. The van der Waals surface area contributed by atoms with Crippen LogP contribution < -0.4 is 0 Å². The maximum Gasteiger partial charge on any atom is 0.417 e. The quantitative estimate of drug-likeness (QED) is 0.197. The van der Waals surface area contributed by atoms with E-state index in [0.29, 0.717) is 6.07 Å². The highest BCUT2D eigenvalue weighted by Crippen LogP contribution is 2.55. The molecule has 49 heavy (non-hydrogen) atoms. The summed E-state index contributed by atoms with van der Waals surface area (Å²) in [4.78, 5) is 0. The van der Waals surface area contributed by atoms with Gasteiger partial charge in [-0.05, 0) is 65.1 Å². The van der Waals surface area contributed by atoms with Crippen molar-refractivity contribution in [2.24, 2.45) is 0 Å². The van der Waals surface area contributed by atoms with Crippen molar-refractivity contribution in [2.45, 2.75) is 19.3 Å². The molecule has 0 N–H and O–H groups in total. The molecule has 232 valence electrons. The van der Waals surface area contributed by atoms with Crippen molar-refractivity contribution in [3.63, 3.8) is 0 Å². The highest BCUT2D eigenvalue weighted by atomic mass is 19.4. The van der Waals surface area contributed by atoms with E-state index in [4.69, 9.17) is 0 Å². The standard InChI is InChI=1S/C36H11F6N7/c1-17-2-3-18(6-29(17)35(37,38)39)31-27(15-48)23-8-24-26(9-25(23)33(31)21(11-44)12-45)34(22(13-46)14-47)32(28(24)16-49)19-4-5-20(10-43)30(7-19)36(40,41)42/h2-9H,1H3. The molecule has 13 heteroatoms. The van der Waals surface area contributed by atoms with Crippen molar-refractivity contribution in [1.82, 2.24) is 0 Å². The van der Waals surface area contributed by atoms with Gasteiger partial charge in [0.15, 0.2) is 0 Å². The molecule has 0 bridgehead atoms. The molecule has 3 aromatic rings. The molecule has 0 amide bonds. The Kier molecular flexibility index (Phi) is 7.93. The van der Waals surface area contributed by atoms with Crippen LogP contribution in [0.3, 0.4) is 0 Å². The zero-order valence-electron chi connectivity index (χ0n) is 24.5. The van der Waals surface area contributed by atoms with Gasteiger partial charge in [-0.3, -0.25) is 0 Å². The van der Waals surface area contributed by atoms with Crippen molar-refractivity contribution in [3.05, 3.63) is 115 Å². The molecule has 0 atom stereocenters. The molecule has 2 aliphatic rings. The van der Waals surface area contributed by atoms with E-state index < -0.39 is 40.2 Å². The number of nitriles is 7. The Morgan fingerprint density at radius 1 is 0.510 bits per heavy atom. The van der Waals surface area contributed by atoms with Gasteiger partial charge in [0.25, 0.3) is 0 Å². The van der Waals surface area contributed by atoms with E-state index in [2.05, 4.69) is 0 Å². The predicted octanol–water partition coefficient (Wildman–Crippen LogP) is 8.40. The van der Waals surface area contributed by atoms with Crippen LogP contribution in [0.25, 0.3) is 33.4 Å². The van der Waals surface area contributed by atoms with Gasteiger partial charge in [-0.2, -0.15) is 63.2 Å². The number of allylic oxidation sites excluding steroid dienone is 8. The van der Waals surface area contributed by atoms with Gasteiger partial charge in [0, 0.05) is 33.4 Å². The van der Waals surface area contributed by atoms with Gasteiger partial charge in [0.1, 0.15) is 47.6 Å². The molecular weight excluding hydrogens is 644 g/mol. The summed E-state index contributed by atoms with van der Waals surface area (Å²) >= 11 is 0. The molecule has 3 aromatic carbocycles. The molecule has 0 unspecified atom stereocenters. The molecule has 0 spiro atoms. The van der Waals surface area contributed by atoms with Crippen LogP contribution in [-0.2, 0) is 12.4 Å². The maximum atomic E-state index is 13.9. The van der Waals surface area contributed by atoms with E-state index in [9.17, 15) is 63.2 Å². The number of alkyl halides is 6. The number of nitrogens with zero attached hydrogens (tertiary/aromatic N) is 7. The van der Waals surface area contributed by atoms with Crippen molar-refractivity contribution in [2.75, 3.05) is 0 Å². The van der Waals surface area contributed by atoms with Crippen LogP contribution in [0, 0.1) is 86.2 Å². The zero-order chi connectivity index (χ0) is 36.0. The van der Waals surface area contributed by atoms with E-state index >= 15 is 0 Å². The zero-order valence-corrected chi connectivity index (χ0v) is 24.5. The number of aryl methyl sites for hydroxylation is 1. The first-order chi connectivity index (χ1) is 23.2. The minimum absolute atomic E-state index is 0.0250. The second kappa shape index (κ2) is 11.8. The fourth-order valence-electron chi connectivity index (χ4n) is 5.93. The monoisotopic (exact) mass is 655 g/mol. The highest BCUT2D eigenvalue weighted by Gasteiger charge is 2.40. The van der Waals surface area contributed by atoms with Crippen molar-refractivity contribution < 1.29 is 26.3 Å². The lowest BCUT2D eigenvalue weighted by Gasteiger charge is -2.15. The first-order valence-electron chi connectivity index (χ1n) is 13.6. The fraction of sp³-hybridized carbons (Fsp3) is 0.0833. The number of hydrogen-bond donors (Lipinski definition) is 0. The molecule has 0 aromatic heterocycles. The van der Waals surface area contributed by atoms with Crippen LogP contribution >= 0.6 is 0 Å². The van der Waals surface area contributed by atoms with E-state index in [1.165, 1.54) is 31.2 Å². The second-order valence-electron chi connectivity index (χ2n) is 10.5. The first-order valence-corrected chi connectivity index (χ1v) is 13.6. The Hall–Kier alpha value is -7.37. The predicted molar refractivity (Wildman–Crippen MR) is 160 cm³/mol. The van der Waals surface area contributed by atoms with Crippen LogP contribution in [0.4, 0.5) is 26.3 Å². The summed E-state index contributed by atoms with van der Waals surface area (Å²) in [5.74, 6) is 0. The molecule has 0 saturated heterocycles. The van der Waals surface area contributed by atoms with Gasteiger partial charge >= 0.3 is 12.4 Å². The average molecular weight is 656 g/mol. The number of halogens is 6. The van der Waals surface area contributed by atoms with Gasteiger partial charge in [0.05, 0.1) is 33.9 Å². The third kappa shape index (κ3) is 5.14. The van der Waals surface area contributed by atoms with E-state index in [0.717, 1.165) is 24.3 Å². The Bertz CT molecular complexity index is 2460. The Morgan fingerprint density at radius 3 is 1.31 bits per heavy atom. The van der Waals surface area contributed by atoms with Crippen LogP contribution in [0.1, 0.15) is 55.6 Å². The van der Waals surface area contributed by atoms with Gasteiger partial charge in [0.2, 0.25) is 0 Å². The topological polar surface area (TPSA) is 167 Å². The lowest BCUT2D eigenvalue weighted by molar-refractivity contribution is -0.138. The molecule has 7 nitrogen and oxygen atoms in total. The molecule has 0 saturated carbocycles. The molecule has 5 rings (SSSR count). The van der Waals surface area contributed by atoms with Crippen LogP contribution in [0.5, 0.6) is 0 Å². The molecule has 2 aliphatic carbocycles.